The fraction of sp³-hybridized carbons (Fsp3) is 0.857. The first-order chi connectivity index (χ1) is 13.3. The normalized spacial score (nSPS) is 11.0. The lowest BCUT2D eigenvalue weighted by molar-refractivity contribution is -0.114. The van der Waals surface area contributed by atoms with Gasteiger partial charge in [-0.15, -0.1) is 16.7 Å². The SMILES string of the molecule is CCCCCCCCCCCCCCCCCc1nnc(NC(=O)CCl)o1. The summed E-state index contributed by atoms with van der Waals surface area (Å²) in [5.74, 6) is 0.130. The zero-order valence-electron chi connectivity index (χ0n) is 17.1. The van der Waals surface area contributed by atoms with Crippen molar-refractivity contribution in [2.45, 2.75) is 110 Å². The van der Waals surface area contributed by atoms with E-state index in [1.165, 1.54) is 89.9 Å². The van der Waals surface area contributed by atoms with Crippen molar-refractivity contribution in [2.24, 2.45) is 0 Å². The van der Waals surface area contributed by atoms with Gasteiger partial charge in [-0.3, -0.25) is 10.1 Å². The van der Waals surface area contributed by atoms with Crippen LogP contribution in [0.1, 0.15) is 109 Å². The van der Waals surface area contributed by atoms with Crippen molar-refractivity contribution in [3.05, 3.63) is 5.89 Å². The molecule has 0 atom stereocenters. The minimum Gasteiger partial charge on any atom is -0.408 e. The van der Waals surface area contributed by atoms with E-state index in [0.29, 0.717) is 5.89 Å². The van der Waals surface area contributed by atoms with E-state index < -0.39 is 0 Å². The fourth-order valence-electron chi connectivity index (χ4n) is 3.21. The number of hydrogen-bond donors (Lipinski definition) is 1. The summed E-state index contributed by atoms with van der Waals surface area (Å²) in [6.45, 7) is 2.27. The second-order valence-electron chi connectivity index (χ2n) is 7.38. The van der Waals surface area contributed by atoms with E-state index in [-0.39, 0.29) is 17.8 Å². The lowest BCUT2D eigenvalue weighted by Crippen LogP contribution is -2.12. The van der Waals surface area contributed by atoms with Crippen LogP contribution in [0.15, 0.2) is 4.42 Å². The van der Waals surface area contributed by atoms with E-state index in [1.807, 2.05) is 0 Å². The highest BCUT2D eigenvalue weighted by atomic mass is 35.5. The molecule has 1 aromatic rings. The Kier molecular flexibility index (Phi) is 15.1. The van der Waals surface area contributed by atoms with Crippen molar-refractivity contribution >= 4 is 23.5 Å². The molecule has 0 bridgehead atoms. The van der Waals surface area contributed by atoms with Crippen molar-refractivity contribution in [3.8, 4) is 0 Å². The summed E-state index contributed by atoms with van der Waals surface area (Å²) in [5, 5.41) is 10.2. The van der Waals surface area contributed by atoms with Crippen LogP contribution in [0.4, 0.5) is 6.01 Å². The number of nitrogens with zero attached hydrogens (tertiary/aromatic N) is 2. The zero-order chi connectivity index (χ0) is 19.6. The molecule has 0 aliphatic heterocycles. The van der Waals surface area contributed by atoms with Gasteiger partial charge in [0.05, 0.1) is 0 Å². The number of hydrogen-bond acceptors (Lipinski definition) is 4. The van der Waals surface area contributed by atoms with E-state index in [0.717, 1.165) is 12.8 Å². The van der Waals surface area contributed by atoms with Crippen molar-refractivity contribution in [2.75, 3.05) is 11.2 Å². The monoisotopic (exact) mass is 399 g/mol. The molecule has 0 fully saturated rings. The Hall–Kier alpha value is -1.10. The number of anilines is 1. The predicted octanol–water partition coefficient (Wildman–Crippen LogP) is 6.66. The molecule has 1 rings (SSSR count). The lowest BCUT2D eigenvalue weighted by Gasteiger charge is -2.03. The van der Waals surface area contributed by atoms with Gasteiger partial charge in [0.15, 0.2) is 0 Å². The van der Waals surface area contributed by atoms with Crippen LogP contribution in [0.3, 0.4) is 0 Å². The quantitative estimate of drug-likeness (QED) is 0.221. The number of alkyl halides is 1. The van der Waals surface area contributed by atoms with E-state index in [9.17, 15) is 4.79 Å². The Morgan fingerprint density at radius 2 is 1.30 bits per heavy atom. The number of aromatic nitrogens is 2. The molecule has 0 aliphatic carbocycles. The largest absolute Gasteiger partial charge is 0.408 e. The minimum absolute atomic E-state index is 0.114. The highest BCUT2D eigenvalue weighted by Gasteiger charge is 2.08. The highest BCUT2D eigenvalue weighted by molar-refractivity contribution is 6.28. The predicted molar refractivity (Wildman–Crippen MR) is 112 cm³/mol. The summed E-state index contributed by atoms with van der Waals surface area (Å²) in [4.78, 5) is 11.1. The minimum atomic E-state index is -0.334. The Balaban J connectivity index is 1.83. The van der Waals surface area contributed by atoms with Gasteiger partial charge in [-0.25, -0.2) is 0 Å². The van der Waals surface area contributed by atoms with Crippen LogP contribution in [0.2, 0.25) is 0 Å². The topological polar surface area (TPSA) is 68.0 Å². The number of rotatable bonds is 18. The second-order valence-corrected chi connectivity index (χ2v) is 7.65. The van der Waals surface area contributed by atoms with Crippen molar-refractivity contribution < 1.29 is 9.21 Å². The highest BCUT2D eigenvalue weighted by Crippen LogP contribution is 2.14. The van der Waals surface area contributed by atoms with Gasteiger partial charge in [-0.1, -0.05) is 102 Å². The number of amides is 1. The number of halogens is 1. The number of unbranched alkanes of at least 4 members (excludes halogenated alkanes) is 14. The smallest absolute Gasteiger partial charge is 0.322 e. The third kappa shape index (κ3) is 13.7. The van der Waals surface area contributed by atoms with E-state index in [1.54, 1.807) is 0 Å². The summed E-state index contributed by atoms with van der Waals surface area (Å²) >= 11 is 5.41. The number of aryl methyl sites for hydroxylation is 1. The maximum Gasteiger partial charge on any atom is 0.322 e. The van der Waals surface area contributed by atoms with Gasteiger partial charge in [-0.2, -0.15) is 0 Å². The van der Waals surface area contributed by atoms with Gasteiger partial charge in [0.25, 0.3) is 0 Å². The molecule has 0 spiro atoms. The van der Waals surface area contributed by atoms with Crippen LogP contribution in [0, 0.1) is 0 Å². The summed E-state index contributed by atoms with van der Waals surface area (Å²) < 4.78 is 5.36. The average Bonchev–Trinajstić information content (AvgIpc) is 3.12. The average molecular weight is 400 g/mol. The van der Waals surface area contributed by atoms with Gasteiger partial charge in [0, 0.05) is 6.42 Å². The molecule has 27 heavy (non-hydrogen) atoms. The maximum atomic E-state index is 11.1. The molecule has 0 aromatic carbocycles. The first-order valence-electron chi connectivity index (χ1n) is 10.9. The Labute approximate surface area is 170 Å². The Bertz CT molecular complexity index is 480. The fourth-order valence-corrected chi connectivity index (χ4v) is 3.27. The maximum absolute atomic E-state index is 11.1. The van der Waals surface area contributed by atoms with Crippen molar-refractivity contribution in [1.29, 1.82) is 0 Å². The van der Waals surface area contributed by atoms with Crippen molar-refractivity contribution in [1.82, 2.24) is 10.2 Å². The molecule has 0 saturated carbocycles. The van der Waals surface area contributed by atoms with Crippen LogP contribution >= 0.6 is 11.6 Å². The zero-order valence-corrected chi connectivity index (χ0v) is 17.9. The summed E-state index contributed by atoms with van der Waals surface area (Å²) in [7, 11) is 0. The van der Waals surface area contributed by atoms with Crippen LogP contribution in [-0.4, -0.2) is 22.0 Å². The molecule has 1 N–H and O–H groups in total. The molecule has 0 unspecified atom stereocenters. The molecule has 156 valence electrons. The summed E-state index contributed by atoms with van der Waals surface area (Å²) in [5.41, 5.74) is 0. The molecular weight excluding hydrogens is 362 g/mol. The molecule has 0 radical (unpaired) electrons. The standard InChI is InChI=1S/C21H38ClN3O2/c1-2-3-4-5-6-7-8-9-10-11-12-13-14-15-16-17-20-24-25-21(27-20)23-19(26)18-22/h2-18H2,1H3,(H,23,25,26). The summed E-state index contributed by atoms with van der Waals surface area (Å²) in [6.07, 6.45) is 21.0. The molecule has 1 aromatic heterocycles. The molecule has 0 aliphatic rings. The third-order valence-corrected chi connectivity index (χ3v) is 5.07. The second kappa shape index (κ2) is 17.0. The Morgan fingerprint density at radius 3 is 1.78 bits per heavy atom. The van der Waals surface area contributed by atoms with E-state index >= 15 is 0 Å². The van der Waals surface area contributed by atoms with Crippen LogP contribution < -0.4 is 5.32 Å². The van der Waals surface area contributed by atoms with E-state index in [4.69, 9.17) is 16.0 Å². The van der Waals surface area contributed by atoms with Gasteiger partial charge < -0.3 is 4.42 Å². The molecule has 5 nitrogen and oxygen atoms in total. The molecule has 1 heterocycles. The molecule has 6 heteroatoms. The van der Waals surface area contributed by atoms with Gasteiger partial charge in [-0.05, 0) is 6.42 Å². The van der Waals surface area contributed by atoms with Crippen LogP contribution in [-0.2, 0) is 11.2 Å². The first kappa shape index (κ1) is 23.9. The Morgan fingerprint density at radius 1 is 0.815 bits per heavy atom. The summed E-state index contributed by atoms with van der Waals surface area (Å²) in [6, 6.07) is 0.136. The number of nitrogens with one attached hydrogen (secondary N) is 1. The molecular formula is C21H38ClN3O2. The number of carbonyl (C=O) groups excluding carboxylic acids is 1. The third-order valence-electron chi connectivity index (χ3n) is 4.83. The first-order valence-corrected chi connectivity index (χ1v) is 11.5. The van der Waals surface area contributed by atoms with Gasteiger partial charge in [0.1, 0.15) is 5.88 Å². The van der Waals surface area contributed by atoms with Gasteiger partial charge >= 0.3 is 6.01 Å². The lowest BCUT2D eigenvalue weighted by atomic mass is 10.0. The molecule has 0 saturated heterocycles. The van der Waals surface area contributed by atoms with Crippen LogP contribution in [0.25, 0.3) is 0 Å². The molecule has 1 amide bonds. The number of carbonyl (C=O) groups is 1. The van der Waals surface area contributed by atoms with Gasteiger partial charge in [0.2, 0.25) is 11.8 Å². The van der Waals surface area contributed by atoms with Crippen LogP contribution in [0.5, 0.6) is 0 Å². The van der Waals surface area contributed by atoms with Crippen molar-refractivity contribution in [3.63, 3.8) is 0 Å². The van der Waals surface area contributed by atoms with E-state index in [2.05, 4.69) is 22.4 Å².